The first-order chi connectivity index (χ1) is 11.2. The highest BCUT2D eigenvalue weighted by Crippen LogP contribution is 2.35. The van der Waals surface area contributed by atoms with Gasteiger partial charge in [0.15, 0.2) is 0 Å². The first-order valence-electron chi connectivity index (χ1n) is 7.71. The minimum absolute atomic E-state index is 0.124. The Morgan fingerprint density at radius 1 is 1.22 bits per heavy atom. The van der Waals surface area contributed by atoms with Gasteiger partial charge in [-0.2, -0.15) is 0 Å². The van der Waals surface area contributed by atoms with Crippen LogP contribution in [0.4, 0.5) is 17.3 Å². The molecule has 0 amide bonds. The molecule has 0 unspecified atom stereocenters. The van der Waals surface area contributed by atoms with E-state index in [0.29, 0.717) is 16.7 Å². The maximum atomic E-state index is 12.2. The van der Waals surface area contributed by atoms with Gasteiger partial charge in [-0.1, -0.05) is 30.9 Å². The van der Waals surface area contributed by atoms with E-state index in [9.17, 15) is 4.79 Å². The summed E-state index contributed by atoms with van der Waals surface area (Å²) in [6.07, 6.45) is 5.43. The van der Waals surface area contributed by atoms with Crippen molar-refractivity contribution in [3.05, 3.63) is 56.8 Å². The Morgan fingerprint density at radius 3 is 2.57 bits per heavy atom. The fourth-order valence-corrected chi connectivity index (χ4v) is 3.11. The lowest BCUT2D eigenvalue weighted by Crippen LogP contribution is -2.16. The van der Waals surface area contributed by atoms with Crippen molar-refractivity contribution in [2.75, 3.05) is 5.32 Å². The molecule has 0 saturated heterocycles. The molecule has 1 aromatic heterocycles. The summed E-state index contributed by atoms with van der Waals surface area (Å²) < 4.78 is 0. The lowest BCUT2D eigenvalue weighted by Gasteiger charge is -2.22. The van der Waals surface area contributed by atoms with E-state index in [1.54, 1.807) is 12.1 Å². The average Bonchev–Trinajstić information content (AvgIpc) is 2.57. The van der Waals surface area contributed by atoms with E-state index in [0.717, 1.165) is 31.4 Å². The van der Waals surface area contributed by atoms with E-state index in [-0.39, 0.29) is 17.2 Å². The van der Waals surface area contributed by atoms with Crippen molar-refractivity contribution in [3.63, 3.8) is 0 Å². The van der Waals surface area contributed by atoms with Crippen LogP contribution in [0.3, 0.4) is 0 Å². The third kappa shape index (κ3) is 3.54. The molecular weight excluding hydrogens is 312 g/mol. The smallest absolute Gasteiger partial charge is 0.271 e. The Balaban J connectivity index is 1.95. The summed E-state index contributed by atoms with van der Waals surface area (Å²) in [5, 5.41) is 3.72. The number of nitrogens with one attached hydrogen (secondary N) is 2. The third-order valence-electron chi connectivity index (χ3n) is 4.13. The van der Waals surface area contributed by atoms with Gasteiger partial charge in [-0.05, 0) is 43.0 Å². The van der Waals surface area contributed by atoms with Crippen molar-refractivity contribution in [3.8, 4) is 0 Å². The molecule has 3 rings (SSSR count). The number of aromatic amines is 1. The summed E-state index contributed by atoms with van der Waals surface area (Å²) in [6, 6.07) is 7.14. The maximum Gasteiger partial charge on any atom is 0.271 e. The van der Waals surface area contributed by atoms with Gasteiger partial charge in [0.25, 0.3) is 11.2 Å². The molecule has 0 atom stereocenters. The van der Waals surface area contributed by atoms with Gasteiger partial charge in [0.1, 0.15) is 0 Å². The van der Waals surface area contributed by atoms with Crippen LogP contribution in [0.15, 0.2) is 29.1 Å². The molecule has 23 heavy (non-hydrogen) atoms. The molecule has 1 heterocycles. The van der Waals surface area contributed by atoms with Crippen LogP contribution in [0.25, 0.3) is 4.85 Å². The summed E-state index contributed by atoms with van der Waals surface area (Å²) in [5.41, 5.74) is 1.15. The first-order valence-corrected chi connectivity index (χ1v) is 8.09. The standard InChI is InChI=1S/C17H17ClN4O/c1-19-15-14(11-5-3-2-4-6-11)21-17(22-16(15)23)20-13-9-7-12(18)8-10-13/h7-11H,2-6H2,(H2,20,21,22,23). The Kier molecular flexibility index (Phi) is 4.63. The summed E-state index contributed by atoms with van der Waals surface area (Å²) >= 11 is 5.87. The predicted molar refractivity (Wildman–Crippen MR) is 91.7 cm³/mol. The number of H-pyrrole nitrogens is 1. The lowest BCUT2D eigenvalue weighted by molar-refractivity contribution is 0.437. The van der Waals surface area contributed by atoms with Crippen LogP contribution >= 0.6 is 11.6 Å². The van der Waals surface area contributed by atoms with Gasteiger partial charge in [0.2, 0.25) is 5.95 Å². The summed E-state index contributed by atoms with van der Waals surface area (Å²) in [6.45, 7) is 7.29. The van der Waals surface area contributed by atoms with Gasteiger partial charge >= 0.3 is 0 Å². The van der Waals surface area contributed by atoms with E-state index < -0.39 is 0 Å². The summed E-state index contributed by atoms with van der Waals surface area (Å²) in [7, 11) is 0. The van der Waals surface area contributed by atoms with Crippen LogP contribution in [0, 0.1) is 6.57 Å². The van der Waals surface area contributed by atoms with E-state index in [1.807, 2.05) is 12.1 Å². The highest BCUT2D eigenvalue weighted by Gasteiger charge is 2.23. The van der Waals surface area contributed by atoms with Crippen LogP contribution in [0.2, 0.25) is 5.02 Å². The molecule has 1 fully saturated rings. The van der Waals surface area contributed by atoms with Gasteiger partial charge in [0.05, 0.1) is 12.3 Å². The molecule has 2 N–H and O–H groups in total. The largest absolute Gasteiger partial charge is 0.326 e. The van der Waals surface area contributed by atoms with Crippen molar-refractivity contribution in [1.29, 1.82) is 0 Å². The third-order valence-corrected chi connectivity index (χ3v) is 4.38. The zero-order chi connectivity index (χ0) is 16.2. The lowest BCUT2D eigenvalue weighted by atomic mass is 9.86. The quantitative estimate of drug-likeness (QED) is 0.798. The van der Waals surface area contributed by atoms with E-state index >= 15 is 0 Å². The highest BCUT2D eigenvalue weighted by molar-refractivity contribution is 6.30. The van der Waals surface area contributed by atoms with Gasteiger partial charge in [-0.25, -0.2) is 9.83 Å². The molecule has 118 valence electrons. The molecule has 0 spiro atoms. The van der Waals surface area contributed by atoms with Crippen molar-refractivity contribution in [2.45, 2.75) is 38.0 Å². The predicted octanol–water partition coefficient (Wildman–Crippen LogP) is 4.77. The first kappa shape index (κ1) is 15.6. The average molecular weight is 329 g/mol. The second-order valence-corrected chi connectivity index (χ2v) is 6.16. The number of hydrogen-bond acceptors (Lipinski definition) is 3. The normalized spacial score (nSPS) is 15.1. The van der Waals surface area contributed by atoms with E-state index in [2.05, 4.69) is 20.1 Å². The zero-order valence-electron chi connectivity index (χ0n) is 12.6. The van der Waals surface area contributed by atoms with Crippen molar-refractivity contribution >= 4 is 28.9 Å². The number of halogens is 1. The SMILES string of the molecule is [C-]#[N+]c1c(C2CCCCC2)nc(Nc2ccc(Cl)cc2)[nH]c1=O. The number of aromatic nitrogens is 2. The van der Waals surface area contributed by atoms with Crippen LogP contribution in [-0.4, -0.2) is 9.97 Å². The minimum atomic E-state index is -0.382. The zero-order valence-corrected chi connectivity index (χ0v) is 13.4. The van der Waals surface area contributed by atoms with E-state index in [1.165, 1.54) is 6.42 Å². The summed E-state index contributed by atoms with van der Waals surface area (Å²) in [4.78, 5) is 22.8. The number of rotatable bonds is 3. The Hall–Kier alpha value is -2.32. The molecule has 0 aliphatic heterocycles. The van der Waals surface area contributed by atoms with Crippen LogP contribution in [0.1, 0.15) is 43.7 Å². The van der Waals surface area contributed by atoms with E-state index in [4.69, 9.17) is 18.2 Å². The second kappa shape index (κ2) is 6.84. The Labute approximate surface area is 139 Å². The topological polar surface area (TPSA) is 62.1 Å². The fourth-order valence-electron chi connectivity index (χ4n) is 2.98. The minimum Gasteiger partial charge on any atom is -0.326 e. The molecular formula is C17H17ClN4O. The van der Waals surface area contributed by atoms with Crippen molar-refractivity contribution in [1.82, 2.24) is 9.97 Å². The Bertz CT molecular complexity index is 786. The number of anilines is 2. The van der Waals surface area contributed by atoms with Gasteiger partial charge in [0, 0.05) is 10.7 Å². The van der Waals surface area contributed by atoms with Gasteiger partial charge < -0.3 is 10.3 Å². The van der Waals surface area contributed by atoms with Crippen molar-refractivity contribution in [2.24, 2.45) is 0 Å². The molecule has 1 aromatic carbocycles. The molecule has 1 aliphatic rings. The molecule has 0 bridgehead atoms. The van der Waals surface area contributed by atoms with Crippen LogP contribution in [-0.2, 0) is 0 Å². The molecule has 2 aromatic rings. The number of nitrogens with zero attached hydrogens (tertiary/aromatic N) is 2. The number of benzene rings is 1. The molecule has 1 saturated carbocycles. The highest BCUT2D eigenvalue weighted by atomic mass is 35.5. The fraction of sp³-hybridized carbons (Fsp3) is 0.353. The van der Waals surface area contributed by atoms with Gasteiger partial charge in [-0.15, -0.1) is 0 Å². The Morgan fingerprint density at radius 2 is 1.91 bits per heavy atom. The molecule has 1 aliphatic carbocycles. The molecule has 6 heteroatoms. The second-order valence-electron chi connectivity index (χ2n) is 5.73. The summed E-state index contributed by atoms with van der Waals surface area (Å²) in [5.74, 6) is 0.561. The van der Waals surface area contributed by atoms with Crippen LogP contribution in [0.5, 0.6) is 0 Å². The number of hydrogen-bond donors (Lipinski definition) is 2. The van der Waals surface area contributed by atoms with Crippen LogP contribution < -0.4 is 10.9 Å². The monoisotopic (exact) mass is 328 g/mol. The molecule has 0 radical (unpaired) electrons. The maximum absolute atomic E-state index is 12.2. The molecule has 5 nitrogen and oxygen atoms in total. The van der Waals surface area contributed by atoms with Crippen molar-refractivity contribution < 1.29 is 0 Å². The van der Waals surface area contributed by atoms with Gasteiger partial charge in [-0.3, -0.25) is 4.79 Å².